The molecule has 2 aliphatic rings. The molecule has 2 aromatic rings. The van der Waals surface area contributed by atoms with Gasteiger partial charge in [0.15, 0.2) is 11.3 Å². The Balaban J connectivity index is 1.61. The minimum atomic E-state index is -0.0106. The highest BCUT2D eigenvalue weighted by Gasteiger charge is 2.38. The van der Waals surface area contributed by atoms with E-state index in [9.17, 15) is 4.79 Å². The van der Waals surface area contributed by atoms with Crippen molar-refractivity contribution in [2.75, 3.05) is 6.54 Å². The van der Waals surface area contributed by atoms with Gasteiger partial charge in [0.25, 0.3) is 5.91 Å². The molecular weight excluding hydrogens is 288 g/mol. The highest BCUT2D eigenvalue weighted by atomic mass is 16.2. The van der Waals surface area contributed by atoms with Crippen LogP contribution in [0.2, 0.25) is 0 Å². The number of hydrogen-bond acceptors (Lipinski definition) is 3. The standard InChI is InChI=1S/C18H22N4O/c1-12(2)22(11-15-10-13-3-4-14(15)9-13)18(23)16-17-20-6-8-21(17)7-5-19-16/h3-8,12-15H,9-11H2,1-2H3/t13-,14-,15-/m0/s1. The summed E-state index contributed by atoms with van der Waals surface area (Å²) < 4.78 is 1.85. The van der Waals surface area contributed by atoms with Crippen LogP contribution in [0.5, 0.6) is 0 Å². The van der Waals surface area contributed by atoms with E-state index in [1.54, 1.807) is 12.4 Å². The molecule has 1 amide bonds. The van der Waals surface area contributed by atoms with Gasteiger partial charge in [-0.25, -0.2) is 9.97 Å². The van der Waals surface area contributed by atoms with Crippen LogP contribution in [0.4, 0.5) is 0 Å². The van der Waals surface area contributed by atoms with Gasteiger partial charge in [0.1, 0.15) is 0 Å². The molecule has 4 rings (SSSR count). The molecule has 23 heavy (non-hydrogen) atoms. The predicted molar refractivity (Wildman–Crippen MR) is 88.0 cm³/mol. The van der Waals surface area contributed by atoms with Gasteiger partial charge in [0.2, 0.25) is 0 Å². The number of hydrogen-bond donors (Lipinski definition) is 0. The fourth-order valence-corrected chi connectivity index (χ4v) is 4.03. The second kappa shape index (κ2) is 5.48. The van der Waals surface area contributed by atoms with Gasteiger partial charge >= 0.3 is 0 Å². The average Bonchev–Trinajstić information content (AvgIpc) is 3.26. The van der Waals surface area contributed by atoms with E-state index in [1.807, 2.05) is 21.7 Å². The maximum absolute atomic E-state index is 13.1. The Hall–Kier alpha value is -2.17. The second-order valence-corrected chi connectivity index (χ2v) is 7.03. The maximum atomic E-state index is 13.1. The van der Waals surface area contributed by atoms with Crippen molar-refractivity contribution < 1.29 is 4.79 Å². The third-order valence-corrected chi connectivity index (χ3v) is 5.25. The van der Waals surface area contributed by atoms with Crippen LogP contribution in [0, 0.1) is 17.8 Å². The maximum Gasteiger partial charge on any atom is 0.276 e. The van der Waals surface area contributed by atoms with Crippen molar-refractivity contribution in [3.8, 4) is 0 Å². The number of aromatic nitrogens is 3. The summed E-state index contributed by atoms with van der Waals surface area (Å²) in [4.78, 5) is 23.7. The van der Waals surface area contributed by atoms with E-state index in [1.165, 1.54) is 12.8 Å². The molecule has 0 spiro atoms. The Kier molecular flexibility index (Phi) is 3.43. The van der Waals surface area contributed by atoms with Gasteiger partial charge in [0.05, 0.1) is 0 Å². The molecule has 5 heteroatoms. The highest BCUT2D eigenvalue weighted by Crippen LogP contribution is 2.43. The quantitative estimate of drug-likeness (QED) is 0.816. The van der Waals surface area contributed by atoms with Gasteiger partial charge in [-0.1, -0.05) is 12.2 Å². The SMILES string of the molecule is CC(C)N(C[C@@H]1C[C@H]2C=C[C@H]1C2)C(=O)c1nccn2ccnc12. The highest BCUT2D eigenvalue weighted by molar-refractivity contribution is 5.97. The van der Waals surface area contributed by atoms with E-state index in [0.717, 1.165) is 12.5 Å². The molecule has 2 heterocycles. The van der Waals surface area contributed by atoms with Crippen LogP contribution in [0.25, 0.3) is 5.65 Å². The number of rotatable bonds is 4. The molecule has 2 bridgehead atoms. The minimum Gasteiger partial charge on any atom is -0.334 e. The molecule has 120 valence electrons. The van der Waals surface area contributed by atoms with Crippen LogP contribution in [-0.4, -0.2) is 37.8 Å². The van der Waals surface area contributed by atoms with Gasteiger partial charge < -0.3 is 9.30 Å². The van der Waals surface area contributed by atoms with Crippen molar-refractivity contribution >= 4 is 11.6 Å². The Bertz CT molecular complexity index is 763. The number of fused-ring (bicyclic) bond motifs is 3. The van der Waals surface area contributed by atoms with Gasteiger partial charge in [-0.3, -0.25) is 4.79 Å². The van der Waals surface area contributed by atoms with E-state index in [-0.39, 0.29) is 11.9 Å². The molecule has 0 saturated heterocycles. The zero-order valence-corrected chi connectivity index (χ0v) is 13.6. The van der Waals surface area contributed by atoms with Crippen molar-refractivity contribution in [2.24, 2.45) is 17.8 Å². The molecule has 0 aliphatic heterocycles. The van der Waals surface area contributed by atoms with Crippen molar-refractivity contribution in [3.63, 3.8) is 0 Å². The zero-order valence-electron chi connectivity index (χ0n) is 13.6. The zero-order chi connectivity index (χ0) is 16.0. The lowest BCUT2D eigenvalue weighted by atomic mass is 9.92. The molecule has 5 nitrogen and oxygen atoms in total. The van der Waals surface area contributed by atoms with Crippen molar-refractivity contribution in [2.45, 2.75) is 32.7 Å². The van der Waals surface area contributed by atoms with E-state index < -0.39 is 0 Å². The van der Waals surface area contributed by atoms with Crippen LogP contribution >= 0.6 is 0 Å². The molecule has 0 N–H and O–H groups in total. The largest absolute Gasteiger partial charge is 0.334 e. The second-order valence-electron chi connectivity index (χ2n) is 7.03. The predicted octanol–water partition coefficient (Wildman–Crippen LogP) is 2.79. The lowest BCUT2D eigenvalue weighted by molar-refractivity contribution is 0.0656. The molecule has 2 aromatic heterocycles. The monoisotopic (exact) mass is 310 g/mol. The number of carbonyl (C=O) groups is 1. The fourth-order valence-electron chi connectivity index (χ4n) is 4.03. The molecule has 1 fully saturated rings. The first-order chi connectivity index (χ1) is 11.1. The van der Waals surface area contributed by atoms with Crippen LogP contribution in [-0.2, 0) is 0 Å². The van der Waals surface area contributed by atoms with E-state index >= 15 is 0 Å². The summed E-state index contributed by atoms with van der Waals surface area (Å²) in [6.45, 7) is 4.96. The summed E-state index contributed by atoms with van der Waals surface area (Å²) in [7, 11) is 0. The van der Waals surface area contributed by atoms with Crippen LogP contribution in [0.3, 0.4) is 0 Å². The van der Waals surface area contributed by atoms with Gasteiger partial charge in [0, 0.05) is 37.4 Å². The lowest BCUT2D eigenvalue weighted by Gasteiger charge is -2.31. The normalized spacial score (nSPS) is 25.6. The van der Waals surface area contributed by atoms with E-state index in [2.05, 4.69) is 36.0 Å². The van der Waals surface area contributed by atoms with Crippen molar-refractivity contribution in [1.82, 2.24) is 19.3 Å². The van der Waals surface area contributed by atoms with Crippen LogP contribution in [0.15, 0.2) is 36.9 Å². The van der Waals surface area contributed by atoms with Crippen molar-refractivity contribution in [3.05, 3.63) is 42.6 Å². The summed E-state index contributed by atoms with van der Waals surface area (Å²) in [5, 5.41) is 0. The summed E-state index contributed by atoms with van der Waals surface area (Å²) in [5.41, 5.74) is 1.08. The topological polar surface area (TPSA) is 50.5 Å². The first kappa shape index (κ1) is 14.4. The van der Waals surface area contributed by atoms with Gasteiger partial charge in [-0.05, 0) is 44.4 Å². The van der Waals surface area contributed by atoms with Gasteiger partial charge in [-0.15, -0.1) is 0 Å². The fraction of sp³-hybridized carbons (Fsp3) is 0.500. The lowest BCUT2D eigenvalue weighted by Crippen LogP contribution is -2.41. The number of carbonyl (C=O) groups excluding carboxylic acids is 1. The molecule has 0 radical (unpaired) electrons. The summed E-state index contributed by atoms with van der Waals surface area (Å²) in [6.07, 6.45) is 14.2. The Labute approximate surface area is 136 Å². The van der Waals surface area contributed by atoms with E-state index in [0.29, 0.717) is 23.2 Å². The third-order valence-electron chi connectivity index (χ3n) is 5.25. The summed E-state index contributed by atoms with van der Waals surface area (Å²) >= 11 is 0. The summed E-state index contributed by atoms with van der Waals surface area (Å²) in [6, 6.07) is 0.155. The number of imidazole rings is 1. The number of amides is 1. The van der Waals surface area contributed by atoms with Crippen molar-refractivity contribution in [1.29, 1.82) is 0 Å². The van der Waals surface area contributed by atoms with E-state index in [4.69, 9.17) is 0 Å². The molecule has 1 saturated carbocycles. The smallest absolute Gasteiger partial charge is 0.276 e. The number of nitrogens with zero attached hydrogens (tertiary/aromatic N) is 4. The Morgan fingerprint density at radius 3 is 2.70 bits per heavy atom. The molecule has 3 atom stereocenters. The first-order valence-electron chi connectivity index (χ1n) is 8.40. The first-order valence-corrected chi connectivity index (χ1v) is 8.40. The van der Waals surface area contributed by atoms with Gasteiger partial charge in [-0.2, -0.15) is 0 Å². The summed E-state index contributed by atoms with van der Waals surface area (Å²) in [5.74, 6) is 1.94. The van der Waals surface area contributed by atoms with Crippen LogP contribution < -0.4 is 0 Å². The van der Waals surface area contributed by atoms with Crippen LogP contribution in [0.1, 0.15) is 37.2 Å². The third kappa shape index (κ3) is 2.44. The average molecular weight is 310 g/mol. The molecule has 0 aromatic carbocycles. The Morgan fingerprint density at radius 2 is 2.04 bits per heavy atom. The molecule has 2 aliphatic carbocycles. The Morgan fingerprint density at radius 1 is 1.26 bits per heavy atom. The number of allylic oxidation sites excluding steroid dienone is 2. The minimum absolute atomic E-state index is 0.0106. The molecular formula is C18H22N4O. The molecule has 0 unspecified atom stereocenters.